The summed E-state index contributed by atoms with van der Waals surface area (Å²) in [5.74, 6) is 8.29. The maximum Gasteiger partial charge on any atom is 0.222 e. The van der Waals surface area contributed by atoms with Crippen LogP contribution in [0.3, 0.4) is 0 Å². The molecule has 0 bridgehead atoms. The minimum Gasteiger partial charge on any atom is -0.412 e. The lowest BCUT2D eigenvalue weighted by Crippen LogP contribution is -2.17. The SMILES string of the molecule is CN1CCCC1=O.NN.O. The van der Waals surface area contributed by atoms with Gasteiger partial charge in [0.2, 0.25) is 5.91 Å². The molecule has 1 amide bonds. The smallest absolute Gasteiger partial charge is 0.222 e. The molecule has 0 aromatic rings. The van der Waals surface area contributed by atoms with E-state index in [4.69, 9.17) is 0 Å². The molecule has 0 atom stereocenters. The molecule has 62 valence electrons. The van der Waals surface area contributed by atoms with Gasteiger partial charge in [0, 0.05) is 20.0 Å². The Bertz CT molecular complexity index is 96.9. The van der Waals surface area contributed by atoms with Gasteiger partial charge >= 0.3 is 0 Å². The summed E-state index contributed by atoms with van der Waals surface area (Å²) in [6.07, 6.45) is 1.81. The third-order valence-corrected chi connectivity index (χ3v) is 1.31. The first kappa shape index (κ1) is 12.1. The molecule has 5 heteroatoms. The molecule has 1 aliphatic rings. The fraction of sp³-hybridized carbons (Fsp3) is 0.800. The second-order valence-electron chi connectivity index (χ2n) is 1.92. The van der Waals surface area contributed by atoms with Crippen LogP contribution >= 0.6 is 0 Å². The van der Waals surface area contributed by atoms with Crippen molar-refractivity contribution in [3.05, 3.63) is 0 Å². The highest BCUT2D eigenvalue weighted by Gasteiger charge is 2.14. The van der Waals surface area contributed by atoms with Gasteiger partial charge in [-0.15, -0.1) is 0 Å². The summed E-state index contributed by atoms with van der Waals surface area (Å²) >= 11 is 0. The summed E-state index contributed by atoms with van der Waals surface area (Å²) in [6, 6.07) is 0. The molecular weight excluding hydrogens is 134 g/mol. The van der Waals surface area contributed by atoms with Crippen LogP contribution in [0.1, 0.15) is 12.8 Å². The number of hydrogen-bond donors (Lipinski definition) is 2. The zero-order valence-corrected chi connectivity index (χ0v) is 6.13. The number of amides is 1. The normalized spacial score (nSPS) is 15.5. The number of hydrazine groups is 1. The Morgan fingerprint density at radius 2 is 2.00 bits per heavy atom. The van der Waals surface area contributed by atoms with E-state index < -0.39 is 0 Å². The fourth-order valence-electron chi connectivity index (χ4n) is 0.783. The average molecular weight is 149 g/mol. The number of nitrogens with zero attached hydrogens (tertiary/aromatic N) is 1. The minimum atomic E-state index is 0. The largest absolute Gasteiger partial charge is 0.412 e. The van der Waals surface area contributed by atoms with Gasteiger partial charge in [0.25, 0.3) is 0 Å². The van der Waals surface area contributed by atoms with Gasteiger partial charge in [0.15, 0.2) is 0 Å². The van der Waals surface area contributed by atoms with Gasteiger partial charge in [-0.05, 0) is 6.42 Å². The van der Waals surface area contributed by atoms with Crippen molar-refractivity contribution < 1.29 is 10.3 Å². The quantitative estimate of drug-likeness (QED) is 0.314. The van der Waals surface area contributed by atoms with E-state index in [0.717, 1.165) is 19.4 Å². The molecule has 1 heterocycles. The van der Waals surface area contributed by atoms with Gasteiger partial charge < -0.3 is 10.4 Å². The van der Waals surface area contributed by atoms with Crippen LogP contribution in [0.2, 0.25) is 0 Å². The van der Waals surface area contributed by atoms with Crippen LogP contribution in [0.25, 0.3) is 0 Å². The van der Waals surface area contributed by atoms with Gasteiger partial charge in [-0.2, -0.15) is 0 Å². The summed E-state index contributed by atoms with van der Waals surface area (Å²) in [4.78, 5) is 12.3. The summed E-state index contributed by atoms with van der Waals surface area (Å²) in [5.41, 5.74) is 0. The molecule has 0 saturated carbocycles. The van der Waals surface area contributed by atoms with Gasteiger partial charge in [-0.3, -0.25) is 16.5 Å². The van der Waals surface area contributed by atoms with Crippen LogP contribution in [0.4, 0.5) is 0 Å². The molecule has 10 heavy (non-hydrogen) atoms. The number of hydrogen-bond acceptors (Lipinski definition) is 3. The Morgan fingerprint density at radius 3 is 2.10 bits per heavy atom. The lowest BCUT2D eigenvalue weighted by molar-refractivity contribution is -0.126. The van der Waals surface area contributed by atoms with Crippen molar-refractivity contribution in [2.24, 2.45) is 11.7 Å². The molecule has 0 spiro atoms. The van der Waals surface area contributed by atoms with Crippen molar-refractivity contribution >= 4 is 5.91 Å². The fourth-order valence-corrected chi connectivity index (χ4v) is 0.783. The molecule has 0 radical (unpaired) electrons. The molecule has 1 aliphatic heterocycles. The molecule has 1 saturated heterocycles. The van der Waals surface area contributed by atoms with Crippen molar-refractivity contribution in [3.63, 3.8) is 0 Å². The van der Waals surface area contributed by atoms with Crippen LogP contribution < -0.4 is 11.7 Å². The van der Waals surface area contributed by atoms with Crippen LogP contribution in [-0.4, -0.2) is 29.9 Å². The molecule has 5 nitrogen and oxygen atoms in total. The minimum absolute atomic E-state index is 0. The molecule has 1 rings (SSSR count). The van der Waals surface area contributed by atoms with E-state index in [9.17, 15) is 4.79 Å². The third-order valence-electron chi connectivity index (χ3n) is 1.31. The Morgan fingerprint density at radius 1 is 1.50 bits per heavy atom. The molecule has 0 aromatic carbocycles. The Kier molecular flexibility index (Phi) is 7.81. The predicted molar refractivity (Wildman–Crippen MR) is 38.9 cm³/mol. The molecule has 0 aliphatic carbocycles. The second-order valence-corrected chi connectivity index (χ2v) is 1.92. The molecule has 0 unspecified atom stereocenters. The molecule has 6 N–H and O–H groups in total. The summed E-state index contributed by atoms with van der Waals surface area (Å²) < 4.78 is 0. The monoisotopic (exact) mass is 149 g/mol. The second kappa shape index (κ2) is 6.47. The van der Waals surface area contributed by atoms with Crippen molar-refractivity contribution in [3.8, 4) is 0 Å². The summed E-state index contributed by atoms with van der Waals surface area (Å²) in [5, 5.41) is 0. The van der Waals surface area contributed by atoms with Crippen molar-refractivity contribution in [1.82, 2.24) is 4.90 Å². The number of carbonyl (C=O) groups is 1. The third kappa shape index (κ3) is 3.39. The van der Waals surface area contributed by atoms with E-state index in [-0.39, 0.29) is 5.48 Å². The highest BCUT2D eigenvalue weighted by molar-refractivity contribution is 5.77. The van der Waals surface area contributed by atoms with E-state index in [1.807, 2.05) is 7.05 Å². The number of rotatable bonds is 0. The van der Waals surface area contributed by atoms with E-state index in [0.29, 0.717) is 5.91 Å². The predicted octanol–water partition coefficient (Wildman–Crippen LogP) is -1.77. The van der Waals surface area contributed by atoms with Crippen molar-refractivity contribution in [1.29, 1.82) is 0 Å². The first-order valence-electron chi connectivity index (χ1n) is 2.88. The molecular formula is C5H15N3O2. The van der Waals surface area contributed by atoms with E-state index >= 15 is 0 Å². The first-order chi connectivity index (χ1) is 4.30. The lowest BCUT2D eigenvalue weighted by Gasteiger charge is -2.03. The first-order valence-corrected chi connectivity index (χ1v) is 2.88. The Labute approximate surface area is 60.3 Å². The topological polar surface area (TPSA) is 104 Å². The lowest BCUT2D eigenvalue weighted by atomic mass is 10.4. The van der Waals surface area contributed by atoms with Gasteiger partial charge in [0.05, 0.1) is 0 Å². The van der Waals surface area contributed by atoms with Crippen molar-refractivity contribution in [2.45, 2.75) is 12.8 Å². The van der Waals surface area contributed by atoms with E-state index in [1.165, 1.54) is 0 Å². The van der Waals surface area contributed by atoms with Crippen LogP contribution in [-0.2, 0) is 4.79 Å². The highest BCUT2D eigenvalue weighted by Crippen LogP contribution is 2.04. The summed E-state index contributed by atoms with van der Waals surface area (Å²) in [6.45, 7) is 0.957. The molecule has 1 fully saturated rings. The van der Waals surface area contributed by atoms with Crippen LogP contribution in [0, 0.1) is 0 Å². The average Bonchev–Trinajstić information content (AvgIpc) is 2.23. The van der Waals surface area contributed by atoms with Crippen LogP contribution in [0.15, 0.2) is 0 Å². The summed E-state index contributed by atoms with van der Waals surface area (Å²) in [7, 11) is 1.84. The van der Waals surface area contributed by atoms with Gasteiger partial charge in [0.1, 0.15) is 0 Å². The Balaban J connectivity index is 0. The maximum absolute atomic E-state index is 10.5. The van der Waals surface area contributed by atoms with Crippen LogP contribution in [0.5, 0.6) is 0 Å². The van der Waals surface area contributed by atoms with Crippen molar-refractivity contribution in [2.75, 3.05) is 13.6 Å². The maximum atomic E-state index is 10.5. The Hall–Kier alpha value is -0.650. The number of carbonyl (C=O) groups excluding carboxylic acids is 1. The number of nitrogens with two attached hydrogens (primary N) is 2. The highest BCUT2D eigenvalue weighted by atomic mass is 16.2. The van der Waals surface area contributed by atoms with Gasteiger partial charge in [-0.25, -0.2) is 0 Å². The van der Waals surface area contributed by atoms with Gasteiger partial charge in [-0.1, -0.05) is 0 Å². The standard InChI is InChI=1S/C5H9NO.H4N2.H2O/c1-6-4-2-3-5(6)7;1-2;/h2-4H2,1H3;1-2H2;1H2. The zero-order chi connectivity index (χ0) is 7.28. The van der Waals surface area contributed by atoms with E-state index in [1.54, 1.807) is 4.90 Å². The molecule has 0 aromatic heterocycles. The van der Waals surface area contributed by atoms with E-state index in [2.05, 4.69) is 11.7 Å². The zero-order valence-electron chi connectivity index (χ0n) is 6.13. The number of likely N-dealkylation sites (tertiary alicyclic amines) is 1.